The van der Waals surface area contributed by atoms with Crippen LogP contribution in [0.2, 0.25) is 0 Å². The van der Waals surface area contributed by atoms with Crippen molar-refractivity contribution in [1.29, 1.82) is 0 Å². The van der Waals surface area contributed by atoms with E-state index < -0.39 is 0 Å². The molecule has 0 radical (unpaired) electrons. The Labute approximate surface area is 293 Å². The van der Waals surface area contributed by atoms with Gasteiger partial charge in [0.25, 0.3) is 0 Å². The molecule has 0 N–H and O–H groups in total. The Balaban J connectivity index is 1.33. The Kier molecular flexibility index (Phi) is 8.08. The van der Waals surface area contributed by atoms with Gasteiger partial charge in [0.15, 0.2) is 0 Å². The van der Waals surface area contributed by atoms with Crippen LogP contribution in [0.3, 0.4) is 0 Å². The van der Waals surface area contributed by atoms with E-state index in [0.717, 1.165) is 93.7 Å². The summed E-state index contributed by atoms with van der Waals surface area (Å²) in [5, 5.41) is 2.11. The number of fused-ring (bicyclic) bond motifs is 2. The zero-order valence-electron chi connectivity index (χ0n) is 26.9. The number of hydrogen-bond acceptors (Lipinski definition) is 5. The van der Waals surface area contributed by atoms with Crippen molar-refractivity contribution in [3.05, 3.63) is 150 Å². The van der Waals surface area contributed by atoms with Crippen molar-refractivity contribution in [2.45, 2.75) is 0 Å². The van der Waals surface area contributed by atoms with E-state index in [4.69, 9.17) is 24.4 Å². The average molecular weight is 701 g/mol. The lowest BCUT2D eigenvalue weighted by Gasteiger charge is -2.15. The highest BCUT2D eigenvalue weighted by Gasteiger charge is 2.17. The molecule has 0 fully saturated rings. The van der Waals surface area contributed by atoms with Gasteiger partial charge in [-0.05, 0) is 94.0 Å². The van der Waals surface area contributed by atoms with Gasteiger partial charge in [-0.2, -0.15) is 0 Å². The van der Waals surface area contributed by atoms with E-state index in [9.17, 15) is 0 Å². The van der Waals surface area contributed by atoms with Gasteiger partial charge in [-0.3, -0.25) is 9.97 Å². The monoisotopic (exact) mass is 699 g/mol. The summed E-state index contributed by atoms with van der Waals surface area (Å²) in [6.07, 6.45) is 3.75. The van der Waals surface area contributed by atoms with Crippen LogP contribution in [-0.4, -0.2) is 29.2 Å². The topological polar surface area (TPSA) is 57.1 Å². The van der Waals surface area contributed by atoms with E-state index in [2.05, 4.69) is 125 Å². The molecular weight excluding hydrogens is 670 g/mol. The van der Waals surface area contributed by atoms with Crippen molar-refractivity contribution in [3.63, 3.8) is 0 Å². The fraction of sp³-hybridized carbons (Fsp3) is 0.0465. The van der Waals surface area contributed by atoms with Crippen molar-refractivity contribution < 1.29 is 9.47 Å². The Morgan fingerprint density at radius 2 is 0.898 bits per heavy atom. The number of para-hydroxylation sites is 2. The number of aromatic nitrogens is 3. The summed E-state index contributed by atoms with van der Waals surface area (Å²) in [6.45, 7) is 0. The van der Waals surface area contributed by atoms with Crippen LogP contribution < -0.4 is 9.47 Å². The summed E-state index contributed by atoms with van der Waals surface area (Å²) in [7, 11) is 3.36. The minimum atomic E-state index is 0.823. The van der Waals surface area contributed by atoms with Gasteiger partial charge in [0.1, 0.15) is 11.5 Å². The molecule has 8 rings (SSSR count). The minimum absolute atomic E-state index is 0.823. The number of methoxy groups -OCH3 is 2. The Morgan fingerprint density at radius 1 is 0.449 bits per heavy atom. The zero-order valence-corrected chi connectivity index (χ0v) is 28.5. The van der Waals surface area contributed by atoms with Crippen LogP contribution >= 0.6 is 15.9 Å². The fourth-order valence-electron chi connectivity index (χ4n) is 6.43. The number of nitrogens with zero attached hydrogens (tertiary/aromatic N) is 3. The van der Waals surface area contributed by atoms with Crippen LogP contribution in [-0.2, 0) is 0 Å². The van der Waals surface area contributed by atoms with Crippen molar-refractivity contribution in [3.8, 4) is 67.4 Å². The van der Waals surface area contributed by atoms with Crippen LogP contribution in [0, 0.1) is 0 Å². The van der Waals surface area contributed by atoms with Crippen LogP contribution in [0.25, 0.3) is 77.7 Å². The molecule has 0 saturated carbocycles. The van der Waals surface area contributed by atoms with Crippen LogP contribution in [0.15, 0.2) is 150 Å². The van der Waals surface area contributed by atoms with Gasteiger partial charge in [0.2, 0.25) is 0 Å². The molecule has 0 saturated heterocycles. The molecule has 0 unspecified atom stereocenters. The van der Waals surface area contributed by atoms with Crippen molar-refractivity contribution in [2.24, 2.45) is 0 Å². The second-order valence-electron chi connectivity index (χ2n) is 11.7. The number of pyridine rings is 3. The number of ether oxygens (including phenoxy) is 2. The molecule has 0 aliphatic rings. The van der Waals surface area contributed by atoms with E-state index in [0.29, 0.717) is 0 Å². The molecule has 0 bridgehead atoms. The second-order valence-corrected chi connectivity index (χ2v) is 12.6. The van der Waals surface area contributed by atoms with Gasteiger partial charge in [0, 0.05) is 38.8 Å². The third-order valence-corrected chi connectivity index (χ3v) is 9.43. The summed E-state index contributed by atoms with van der Waals surface area (Å²) in [5.41, 5.74) is 11.9. The smallest absolute Gasteiger partial charge is 0.118 e. The standard InChI is InChI=1S/C43H30BrN3O2/c1-48-32-17-11-28(12-18-32)34-21-23-45-42-36(34)5-3-7-38(42)40-25-30(27-9-15-31(44)16-10-27)26-41(47-40)39-8-4-6-37-35(22-24-46-43(37)39)29-13-19-33(49-2)20-14-29/h3-26H,1-2H3. The van der Waals surface area contributed by atoms with Gasteiger partial charge >= 0.3 is 0 Å². The van der Waals surface area contributed by atoms with Gasteiger partial charge in [0.05, 0.1) is 36.6 Å². The summed E-state index contributed by atoms with van der Waals surface area (Å²) < 4.78 is 11.8. The first-order chi connectivity index (χ1) is 24.1. The maximum Gasteiger partial charge on any atom is 0.118 e. The number of halogens is 1. The van der Waals surface area contributed by atoms with Gasteiger partial charge in [-0.25, -0.2) is 4.98 Å². The lowest BCUT2D eigenvalue weighted by Crippen LogP contribution is -1.95. The Morgan fingerprint density at radius 3 is 1.35 bits per heavy atom. The Hall–Kier alpha value is -5.85. The normalized spacial score (nSPS) is 11.2. The third-order valence-electron chi connectivity index (χ3n) is 8.90. The van der Waals surface area contributed by atoms with Crippen molar-refractivity contribution in [2.75, 3.05) is 14.2 Å². The SMILES string of the molecule is COc1ccc(-c2ccnc3c(-c4cc(-c5ccc(Br)cc5)cc(-c5cccc6c(-c7ccc(OC)cc7)ccnc56)n4)cccc23)cc1. The molecule has 0 spiro atoms. The molecule has 0 amide bonds. The molecule has 3 heterocycles. The summed E-state index contributed by atoms with van der Waals surface area (Å²) in [4.78, 5) is 15.2. The second kappa shape index (κ2) is 13.0. The summed E-state index contributed by atoms with van der Waals surface area (Å²) in [6, 6.07) is 45.7. The highest BCUT2D eigenvalue weighted by Crippen LogP contribution is 2.39. The zero-order chi connectivity index (χ0) is 33.3. The largest absolute Gasteiger partial charge is 0.497 e. The molecule has 236 valence electrons. The van der Waals surface area contributed by atoms with Crippen molar-refractivity contribution in [1.82, 2.24) is 15.0 Å². The maximum atomic E-state index is 5.40. The molecule has 0 aliphatic heterocycles. The Bertz CT molecular complexity index is 2310. The van der Waals surface area contributed by atoms with E-state index in [1.54, 1.807) is 14.2 Å². The fourth-order valence-corrected chi connectivity index (χ4v) is 6.69. The van der Waals surface area contributed by atoms with Crippen LogP contribution in [0.4, 0.5) is 0 Å². The van der Waals surface area contributed by atoms with Gasteiger partial charge in [-0.15, -0.1) is 0 Å². The molecule has 5 aromatic carbocycles. The molecule has 0 aliphatic carbocycles. The number of benzene rings is 5. The highest BCUT2D eigenvalue weighted by molar-refractivity contribution is 9.10. The third kappa shape index (κ3) is 5.81. The molecule has 8 aromatic rings. The predicted molar refractivity (Wildman–Crippen MR) is 203 cm³/mol. The van der Waals surface area contributed by atoms with E-state index in [1.807, 2.05) is 36.7 Å². The first kappa shape index (κ1) is 30.5. The molecular formula is C43H30BrN3O2. The summed E-state index contributed by atoms with van der Waals surface area (Å²) in [5.74, 6) is 1.65. The van der Waals surface area contributed by atoms with Crippen LogP contribution in [0.1, 0.15) is 0 Å². The van der Waals surface area contributed by atoms with Gasteiger partial charge in [-0.1, -0.05) is 88.7 Å². The lowest BCUT2D eigenvalue weighted by molar-refractivity contribution is 0.415. The quantitative estimate of drug-likeness (QED) is 0.166. The van der Waals surface area contributed by atoms with E-state index in [1.165, 1.54) is 0 Å². The maximum absolute atomic E-state index is 5.40. The van der Waals surface area contributed by atoms with E-state index >= 15 is 0 Å². The molecule has 3 aromatic heterocycles. The number of hydrogen-bond donors (Lipinski definition) is 0. The minimum Gasteiger partial charge on any atom is -0.497 e. The highest BCUT2D eigenvalue weighted by atomic mass is 79.9. The predicted octanol–water partition coefficient (Wildman–Crippen LogP) is 11.3. The lowest BCUT2D eigenvalue weighted by atomic mass is 9.95. The average Bonchev–Trinajstić information content (AvgIpc) is 3.17. The number of rotatable bonds is 7. The molecule has 49 heavy (non-hydrogen) atoms. The van der Waals surface area contributed by atoms with Gasteiger partial charge < -0.3 is 9.47 Å². The van der Waals surface area contributed by atoms with E-state index in [-0.39, 0.29) is 0 Å². The first-order valence-electron chi connectivity index (χ1n) is 15.9. The molecule has 6 heteroatoms. The first-order valence-corrected chi connectivity index (χ1v) is 16.7. The molecule has 0 atom stereocenters. The molecule has 5 nitrogen and oxygen atoms in total. The van der Waals surface area contributed by atoms with Crippen LogP contribution in [0.5, 0.6) is 11.5 Å². The summed E-state index contributed by atoms with van der Waals surface area (Å²) >= 11 is 3.60. The van der Waals surface area contributed by atoms with Crippen molar-refractivity contribution >= 4 is 37.7 Å².